The highest BCUT2D eigenvalue weighted by Crippen LogP contribution is 2.17. The molecule has 1 aromatic heterocycles. The molecule has 0 N–H and O–H groups in total. The average molecular weight is 239 g/mol. The van der Waals surface area contributed by atoms with E-state index in [0.29, 0.717) is 18.1 Å². The molecule has 0 atom stereocenters. The van der Waals surface area contributed by atoms with Crippen LogP contribution in [-0.2, 0) is 16.1 Å². The van der Waals surface area contributed by atoms with Crippen LogP contribution < -0.4 is 0 Å². The van der Waals surface area contributed by atoms with Gasteiger partial charge in [-0.1, -0.05) is 17.7 Å². The Morgan fingerprint density at radius 3 is 2.94 bits per heavy atom. The normalized spacial score (nSPS) is 14.6. The molecule has 2 rings (SSSR count). The summed E-state index contributed by atoms with van der Waals surface area (Å²) in [6.07, 6.45) is 3.54. The van der Waals surface area contributed by atoms with Gasteiger partial charge in [-0.15, -0.1) is 0 Å². The van der Waals surface area contributed by atoms with Gasteiger partial charge in [0.1, 0.15) is 11.4 Å². The van der Waals surface area contributed by atoms with Crippen LogP contribution in [0.25, 0.3) is 0 Å². The molecule has 1 aromatic rings. The van der Waals surface area contributed by atoms with E-state index in [2.05, 4.69) is 4.98 Å². The van der Waals surface area contributed by atoms with Crippen LogP contribution in [0, 0.1) is 0 Å². The van der Waals surface area contributed by atoms with Crippen molar-refractivity contribution in [2.75, 3.05) is 7.05 Å². The molecule has 0 radical (unpaired) electrons. The Kier molecular flexibility index (Phi) is 3.10. The summed E-state index contributed by atoms with van der Waals surface area (Å²) in [6, 6.07) is 3.65. The molecular formula is C11H11ClN2O2. The summed E-state index contributed by atoms with van der Waals surface area (Å²) in [5, 5.41) is 0.477. The van der Waals surface area contributed by atoms with Gasteiger partial charge in [0.25, 0.3) is 0 Å². The van der Waals surface area contributed by atoms with E-state index >= 15 is 0 Å². The Morgan fingerprint density at radius 2 is 2.38 bits per heavy atom. The van der Waals surface area contributed by atoms with Crippen molar-refractivity contribution in [3.8, 4) is 0 Å². The maximum absolute atomic E-state index is 10.9. The van der Waals surface area contributed by atoms with Crippen molar-refractivity contribution in [1.82, 2.24) is 9.88 Å². The largest absolute Gasteiger partial charge is 0.432 e. The minimum absolute atomic E-state index is 0.212. The van der Waals surface area contributed by atoms with Gasteiger partial charge in [0.15, 0.2) is 0 Å². The number of aromatic nitrogens is 1. The summed E-state index contributed by atoms with van der Waals surface area (Å²) < 4.78 is 4.76. The van der Waals surface area contributed by atoms with Gasteiger partial charge in [0.05, 0.1) is 12.1 Å². The molecular weight excluding hydrogens is 228 g/mol. The quantitative estimate of drug-likeness (QED) is 0.596. The molecule has 0 bridgehead atoms. The first-order valence-corrected chi connectivity index (χ1v) is 5.23. The van der Waals surface area contributed by atoms with Crippen molar-refractivity contribution < 1.29 is 9.53 Å². The summed E-state index contributed by atoms with van der Waals surface area (Å²) in [6.45, 7) is 0.673. The van der Waals surface area contributed by atoms with Crippen LogP contribution in [0.1, 0.15) is 12.0 Å². The molecule has 0 saturated carbocycles. The predicted octanol–water partition coefficient (Wildman–Crippen LogP) is 1.96. The average Bonchev–Trinajstić information content (AvgIpc) is 2.68. The van der Waals surface area contributed by atoms with E-state index in [4.69, 9.17) is 16.3 Å². The maximum Gasteiger partial charge on any atom is 0.316 e. The zero-order chi connectivity index (χ0) is 11.5. The third kappa shape index (κ3) is 2.52. The fourth-order valence-corrected chi connectivity index (χ4v) is 1.58. The SMILES string of the molecule is CN(Cc1ccc(Cl)nc1)C1=COC(=O)C1. The molecule has 1 aliphatic rings. The third-order valence-corrected chi connectivity index (χ3v) is 2.57. The van der Waals surface area contributed by atoms with E-state index in [-0.39, 0.29) is 5.97 Å². The predicted molar refractivity (Wildman–Crippen MR) is 59.5 cm³/mol. The van der Waals surface area contributed by atoms with E-state index in [1.165, 1.54) is 6.26 Å². The molecule has 0 spiro atoms. The van der Waals surface area contributed by atoms with Crippen molar-refractivity contribution in [1.29, 1.82) is 0 Å². The summed E-state index contributed by atoms with van der Waals surface area (Å²) in [5.41, 5.74) is 1.91. The lowest BCUT2D eigenvalue weighted by Crippen LogP contribution is -2.16. The van der Waals surface area contributed by atoms with Crippen molar-refractivity contribution >= 4 is 17.6 Å². The monoisotopic (exact) mass is 238 g/mol. The number of carbonyl (C=O) groups excluding carboxylic acids is 1. The van der Waals surface area contributed by atoms with Crippen LogP contribution in [0.4, 0.5) is 0 Å². The minimum atomic E-state index is -0.212. The Balaban J connectivity index is 1.99. The molecule has 0 unspecified atom stereocenters. The van der Waals surface area contributed by atoms with Crippen LogP contribution in [0.2, 0.25) is 5.15 Å². The molecule has 0 aromatic carbocycles. The van der Waals surface area contributed by atoms with E-state index in [1.807, 2.05) is 18.0 Å². The van der Waals surface area contributed by atoms with Gasteiger partial charge < -0.3 is 9.64 Å². The zero-order valence-electron chi connectivity index (χ0n) is 8.81. The Morgan fingerprint density at radius 1 is 1.56 bits per heavy atom. The number of carbonyl (C=O) groups is 1. The van der Waals surface area contributed by atoms with Crippen molar-refractivity contribution in [3.05, 3.63) is 41.0 Å². The molecule has 4 nitrogen and oxygen atoms in total. The van der Waals surface area contributed by atoms with Gasteiger partial charge in [0, 0.05) is 19.8 Å². The van der Waals surface area contributed by atoms with E-state index in [1.54, 1.807) is 12.3 Å². The number of halogens is 1. The first-order valence-electron chi connectivity index (χ1n) is 4.85. The van der Waals surface area contributed by atoms with Gasteiger partial charge in [-0.05, 0) is 11.6 Å². The van der Waals surface area contributed by atoms with E-state index < -0.39 is 0 Å². The molecule has 1 aliphatic heterocycles. The van der Waals surface area contributed by atoms with Gasteiger partial charge in [-0.3, -0.25) is 4.79 Å². The molecule has 16 heavy (non-hydrogen) atoms. The first kappa shape index (κ1) is 11.0. The lowest BCUT2D eigenvalue weighted by Gasteiger charge is -2.18. The number of cyclic esters (lactones) is 1. The number of hydrogen-bond donors (Lipinski definition) is 0. The topological polar surface area (TPSA) is 42.4 Å². The van der Waals surface area contributed by atoms with Crippen molar-refractivity contribution in [2.45, 2.75) is 13.0 Å². The summed E-state index contributed by atoms with van der Waals surface area (Å²) in [5.74, 6) is -0.212. The Bertz CT molecular complexity index is 428. The number of ether oxygens (including phenoxy) is 1. The van der Waals surface area contributed by atoms with Crippen LogP contribution in [0.15, 0.2) is 30.3 Å². The summed E-state index contributed by atoms with van der Waals surface area (Å²) in [7, 11) is 1.91. The number of esters is 1. The molecule has 84 valence electrons. The van der Waals surface area contributed by atoms with Crippen LogP contribution in [-0.4, -0.2) is 22.9 Å². The second-order valence-corrected chi connectivity index (χ2v) is 4.01. The van der Waals surface area contributed by atoms with Crippen molar-refractivity contribution in [2.24, 2.45) is 0 Å². The number of pyridine rings is 1. The third-order valence-electron chi connectivity index (χ3n) is 2.35. The second-order valence-electron chi connectivity index (χ2n) is 3.62. The standard InChI is InChI=1S/C11H11ClN2O2/c1-14(9-4-11(15)16-7-9)6-8-2-3-10(12)13-5-8/h2-3,5,7H,4,6H2,1H3. The fraction of sp³-hybridized carbons (Fsp3) is 0.273. The highest BCUT2D eigenvalue weighted by Gasteiger charge is 2.18. The Hall–Kier alpha value is -1.55. The highest BCUT2D eigenvalue weighted by molar-refractivity contribution is 6.29. The Labute approximate surface area is 98.5 Å². The van der Waals surface area contributed by atoms with Gasteiger partial charge in [-0.2, -0.15) is 0 Å². The fourth-order valence-electron chi connectivity index (χ4n) is 1.47. The van der Waals surface area contributed by atoms with E-state index in [0.717, 1.165) is 11.3 Å². The molecule has 2 heterocycles. The summed E-state index contributed by atoms with van der Waals surface area (Å²) >= 11 is 5.69. The summed E-state index contributed by atoms with van der Waals surface area (Å²) in [4.78, 5) is 16.9. The lowest BCUT2D eigenvalue weighted by molar-refractivity contribution is -0.135. The molecule has 0 saturated heterocycles. The highest BCUT2D eigenvalue weighted by atomic mass is 35.5. The van der Waals surface area contributed by atoms with Gasteiger partial charge in [-0.25, -0.2) is 4.98 Å². The smallest absolute Gasteiger partial charge is 0.316 e. The zero-order valence-corrected chi connectivity index (χ0v) is 9.57. The van der Waals surface area contributed by atoms with Crippen LogP contribution in [0.3, 0.4) is 0 Å². The molecule has 0 fully saturated rings. The van der Waals surface area contributed by atoms with Crippen LogP contribution >= 0.6 is 11.6 Å². The van der Waals surface area contributed by atoms with E-state index in [9.17, 15) is 4.79 Å². The molecule has 0 aliphatic carbocycles. The number of nitrogens with zero attached hydrogens (tertiary/aromatic N) is 2. The maximum atomic E-state index is 10.9. The van der Waals surface area contributed by atoms with Crippen LogP contribution in [0.5, 0.6) is 0 Å². The number of rotatable bonds is 3. The van der Waals surface area contributed by atoms with Crippen molar-refractivity contribution in [3.63, 3.8) is 0 Å². The van der Waals surface area contributed by atoms with Gasteiger partial charge in [0.2, 0.25) is 0 Å². The second kappa shape index (κ2) is 4.53. The van der Waals surface area contributed by atoms with Gasteiger partial charge >= 0.3 is 5.97 Å². The minimum Gasteiger partial charge on any atom is -0.432 e. The number of hydrogen-bond acceptors (Lipinski definition) is 4. The molecule has 5 heteroatoms. The molecule has 0 amide bonds. The lowest BCUT2D eigenvalue weighted by atomic mass is 10.2. The first-order chi connectivity index (χ1) is 7.65.